The number of rotatable bonds is 6. The normalized spacial score (nSPS) is 12.5. The van der Waals surface area contributed by atoms with Crippen molar-refractivity contribution in [1.82, 2.24) is 14.6 Å². The minimum Gasteiger partial charge on any atom is -0.388 e. The highest BCUT2D eigenvalue weighted by Gasteiger charge is 2.13. The lowest BCUT2D eigenvalue weighted by atomic mass is 10.1. The van der Waals surface area contributed by atoms with Crippen molar-refractivity contribution >= 4 is 11.5 Å². The zero-order valence-electron chi connectivity index (χ0n) is 13.6. The number of aliphatic hydroxyl groups is 1. The maximum absolute atomic E-state index is 10.3. The highest BCUT2D eigenvalue weighted by atomic mass is 16.3. The molecule has 3 aromatic rings. The molecule has 0 spiro atoms. The Kier molecular flexibility index (Phi) is 4.57. The Morgan fingerprint density at radius 2 is 2.00 bits per heavy atom. The lowest BCUT2D eigenvalue weighted by Gasteiger charge is -2.22. The number of fused-ring (bicyclic) bond motifs is 1. The monoisotopic (exact) mass is 310 g/mol. The number of hydrogen-bond acceptors (Lipinski definition) is 4. The largest absolute Gasteiger partial charge is 0.388 e. The molecule has 0 fully saturated rings. The Morgan fingerprint density at radius 1 is 1.22 bits per heavy atom. The second-order valence-corrected chi connectivity index (χ2v) is 5.70. The summed E-state index contributed by atoms with van der Waals surface area (Å²) in [6.07, 6.45) is 2.85. The summed E-state index contributed by atoms with van der Waals surface area (Å²) in [4.78, 5) is 6.68. The molecule has 0 amide bonds. The van der Waals surface area contributed by atoms with Gasteiger partial charge in [-0.25, -0.2) is 4.98 Å². The zero-order valence-corrected chi connectivity index (χ0v) is 13.6. The molecule has 0 aliphatic heterocycles. The number of aromatic nitrogens is 3. The van der Waals surface area contributed by atoms with E-state index in [1.165, 1.54) is 0 Å². The van der Waals surface area contributed by atoms with E-state index in [-0.39, 0.29) is 0 Å². The van der Waals surface area contributed by atoms with Crippen LogP contribution in [-0.4, -0.2) is 33.3 Å². The van der Waals surface area contributed by atoms with Gasteiger partial charge in [-0.3, -0.25) is 0 Å². The Morgan fingerprint density at radius 3 is 2.74 bits per heavy atom. The summed E-state index contributed by atoms with van der Waals surface area (Å²) >= 11 is 0. The number of anilines is 1. The van der Waals surface area contributed by atoms with Crippen molar-refractivity contribution in [3.05, 3.63) is 59.9 Å². The first-order valence-corrected chi connectivity index (χ1v) is 7.97. The lowest BCUT2D eigenvalue weighted by Crippen LogP contribution is -2.23. The number of benzene rings is 1. The maximum Gasteiger partial charge on any atom is 0.157 e. The van der Waals surface area contributed by atoms with Gasteiger partial charge in [-0.2, -0.15) is 9.61 Å². The standard InChI is InChI=1S/C18H22N4O/c1-3-15-13-18(22-17(20-15)9-11-19-22)21(2)12-10-16(23)14-7-5-4-6-8-14/h4-9,11,13,16,23H,3,10,12H2,1-2H3. The molecule has 2 aromatic heterocycles. The van der Waals surface area contributed by atoms with Gasteiger partial charge in [0.25, 0.3) is 0 Å². The van der Waals surface area contributed by atoms with E-state index in [4.69, 9.17) is 0 Å². The predicted molar refractivity (Wildman–Crippen MR) is 91.7 cm³/mol. The van der Waals surface area contributed by atoms with Gasteiger partial charge in [0.05, 0.1) is 12.3 Å². The van der Waals surface area contributed by atoms with Crippen molar-refractivity contribution in [3.63, 3.8) is 0 Å². The van der Waals surface area contributed by atoms with E-state index in [9.17, 15) is 5.11 Å². The number of nitrogens with zero attached hydrogens (tertiary/aromatic N) is 4. The maximum atomic E-state index is 10.3. The Labute approximate surface area is 136 Å². The van der Waals surface area contributed by atoms with Gasteiger partial charge in [-0.15, -0.1) is 0 Å². The van der Waals surface area contributed by atoms with Crippen LogP contribution in [0.15, 0.2) is 48.7 Å². The first kappa shape index (κ1) is 15.5. The minimum absolute atomic E-state index is 0.459. The molecule has 1 N–H and O–H groups in total. The van der Waals surface area contributed by atoms with Crippen LogP contribution in [0.4, 0.5) is 5.82 Å². The van der Waals surface area contributed by atoms with E-state index >= 15 is 0 Å². The van der Waals surface area contributed by atoms with Crippen molar-refractivity contribution in [3.8, 4) is 0 Å². The number of aryl methyl sites for hydroxylation is 1. The first-order valence-electron chi connectivity index (χ1n) is 7.97. The zero-order chi connectivity index (χ0) is 16.2. The molecule has 1 unspecified atom stereocenters. The van der Waals surface area contributed by atoms with Crippen molar-refractivity contribution in [2.45, 2.75) is 25.9 Å². The average Bonchev–Trinajstić information content (AvgIpc) is 3.07. The Bertz CT molecular complexity index is 769. The van der Waals surface area contributed by atoms with E-state index in [1.54, 1.807) is 6.20 Å². The summed E-state index contributed by atoms with van der Waals surface area (Å²) in [5, 5.41) is 14.7. The summed E-state index contributed by atoms with van der Waals surface area (Å²) in [5.41, 5.74) is 2.85. The second kappa shape index (κ2) is 6.79. The molecule has 0 aliphatic rings. The molecule has 5 nitrogen and oxygen atoms in total. The molecule has 0 radical (unpaired) electrons. The van der Waals surface area contributed by atoms with Crippen LogP contribution in [0.25, 0.3) is 5.65 Å². The van der Waals surface area contributed by atoms with Gasteiger partial charge in [0.2, 0.25) is 0 Å². The summed E-state index contributed by atoms with van der Waals surface area (Å²) < 4.78 is 1.84. The summed E-state index contributed by atoms with van der Waals surface area (Å²) in [5.74, 6) is 0.997. The van der Waals surface area contributed by atoms with Crippen molar-refractivity contribution < 1.29 is 5.11 Å². The molecule has 3 rings (SSSR count). The van der Waals surface area contributed by atoms with Gasteiger partial charge >= 0.3 is 0 Å². The molecular formula is C18H22N4O. The Balaban J connectivity index is 1.75. The SMILES string of the molecule is CCc1cc(N(C)CCC(O)c2ccccc2)n2nccc2n1. The molecule has 1 atom stereocenters. The fourth-order valence-corrected chi connectivity index (χ4v) is 2.67. The molecule has 0 aliphatic carbocycles. The van der Waals surface area contributed by atoms with E-state index in [1.807, 2.05) is 48.0 Å². The van der Waals surface area contributed by atoms with Gasteiger partial charge < -0.3 is 10.0 Å². The third-order valence-electron chi connectivity index (χ3n) is 4.07. The third kappa shape index (κ3) is 3.35. The summed E-state index contributed by atoms with van der Waals surface area (Å²) in [7, 11) is 2.02. The molecule has 1 aromatic carbocycles. The van der Waals surface area contributed by atoms with Crippen LogP contribution in [0.2, 0.25) is 0 Å². The molecular weight excluding hydrogens is 288 g/mol. The minimum atomic E-state index is -0.459. The quantitative estimate of drug-likeness (QED) is 0.760. The van der Waals surface area contributed by atoms with Crippen molar-refractivity contribution in [2.75, 3.05) is 18.5 Å². The number of aliphatic hydroxyl groups excluding tert-OH is 1. The van der Waals surface area contributed by atoms with Crippen LogP contribution in [0, 0.1) is 0 Å². The first-order chi connectivity index (χ1) is 11.2. The highest BCUT2D eigenvalue weighted by molar-refractivity contribution is 5.50. The van der Waals surface area contributed by atoms with Crippen LogP contribution >= 0.6 is 0 Å². The third-order valence-corrected chi connectivity index (χ3v) is 4.07. The summed E-state index contributed by atoms with van der Waals surface area (Å²) in [6.45, 7) is 2.83. The van der Waals surface area contributed by atoms with E-state index in [0.717, 1.165) is 35.7 Å². The molecule has 2 heterocycles. The molecule has 0 saturated heterocycles. The molecule has 5 heteroatoms. The van der Waals surface area contributed by atoms with Gasteiger partial charge in [0.15, 0.2) is 5.65 Å². The molecule has 23 heavy (non-hydrogen) atoms. The number of hydrogen-bond donors (Lipinski definition) is 1. The van der Waals surface area contributed by atoms with Crippen LogP contribution in [0.3, 0.4) is 0 Å². The molecule has 0 bridgehead atoms. The lowest BCUT2D eigenvalue weighted by molar-refractivity contribution is 0.169. The summed E-state index contributed by atoms with van der Waals surface area (Å²) in [6, 6.07) is 13.7. The second-order valence-electron chi connectivity index (χ2n) is 5.70. The highest BCUT2D eigenvalue weighted by Crippen LogP contribution is 2.20. The fourth-order valence-electron chi connectivity index (χ4n) is 2.67. The van der Waals surface area contributed by atoms with Gasteiger partial charge in [-0.05, 0) is 18.4 Å². The van der Waals surface area contributed by atoms with Gasteiger partial charge in [-0.1, -0.05) is 37.3 Å². The van der Waals surface area contributed by atoms with Crippen LogP contribution < -0.4 is 4.90 Å². The Hall–Kier alpha value is -2.40. The predicted octanol–water partition coefficient (Wildman–Crippen LogP) is 2.85. The van der Waals surface area contributed by atoms with Crippen molar-refractivity contribution in [2.24, 2.45) is 0 Å². The van der Waals surface area contributed by atoms with Crippen LogP contribution in [0.5, 0.6) is 0 Å². The molecule has 0 saturated carbocycles. The average molecular weight is 310 g/mol. The van der Waals surface area contributed by atoms with Crippen LogP contribution in [0.1, 0.15) is 30.7 Å². The molecule has 120 valence electrons. The van der Waals surface area contributed by atoms with E-state index < -0.39 is 6.10 Å². The van der Waals surface area contributed by atoms with Crippen LogP contribution in [-0.2, 0) is 6.42 Å². The van der Waals surface area contributed by atoms with Gasteiger partial charge in [0.1, 0.15) is 5.82 Å². The van der Waals surface area contributed by atoms with E-state index in [0.29, 0.717) is 6.42 Å². The van der Waals surface area contributed by atoms with Crippen molar-refractivity contribution in [1.29, 1.82) is 0 Å². The topological polar surface area (TPSA) is 53.7 Å². The smallest absolute Gasteiger partial charge is 0.157 e. The van der Waals surface area contributed by atoms with E-state index in [2.05, 4.69) is 28.0 Å². The fraction of sp³-hybridized carbons (Fsp3) is 0.333. The van der Waals surface area contributed by atoms with Gasteiger partial charge in [0, 0.05) is 31.4 Å².